The van der Waals surface area contributed by atoms with E-state index in [1.807, 2.05) is 0 Å². The van der Waals surface area contributed by atoms with Gasteiger partial charge in [0.1, 0.15) is 10.6 Å². The number of nitrogens with two attached hydrogens (primary N) is 1. The van der Waals surface area contributed by atoms with E-state index < -0.39 is 25.9 Å². The van der Waals surface area contributed by atoms with Crippen LogP contribution in [0.3, 0.4) is 0 Å². The number of sulfonamides is 1. The SMILES string of the molecule is COc1cc(CN)ccc1S(=O)(=O)NC1CCS(=O)(=O)C1. The predicted molar refractivity (Wildman–Crippen MR) is 78.3 cm³/mol. The summed E-state index contributed by atoms with van der Waals surface area (Å²) in [4.78, 5) is -0.0218. The molecule has 9 heteroatoms. The molecule has 0 radical (unpaired) electrons. The van der Waals surface area contributed by atoms with Gasteiger partial charge in [-0.2, -0.15) is 0 Å². The lowest BCUT2D eigenvalue weighted by Crippen LogP contribution is -2.35. The van der Waals surface area contributed by atoms with E-state index in [-0.39, 0.29) is 35.1 Å². The molecule has 21 heavy (non-hydrogen) atoms. The predicted octanol–water partition coefficient (Wildman–Crippen LogP) is -0.381. The molecule has 0 spiro atoms. The molecule has 1 aliphatic rings. The lowest BCUT2D eigenvalue weighted by Gasteiger charge is -2.14. The average molecular weight is 334 g/mol. The van der Waals surface area contributed by atoms with Crippen molar-refractivity contribution in [2.24, 2.45) is 5.73 Å². The fourth-order valence-corrected chi connectivity index (χ4v) is 5.43. The van der Waals surface area contributed by atoms with Crippen molar-refractivity contribution < 1.29 is 21.6 Å². The van der Waals surface area contributed by atoms with Gasteiger partial charge in [0.25, 0.3) is 0 Å². The Bertz CT molecular complexity index is 728. The maximum absolute atomic E-state index is 12.4. The van der Waals surface area contributed by atoms with E-state index in [2.05, 4.69) is 4.72 Å². The Hall–Kier alpha value is -1.16. The van der Waals surface area contributed by atoms with Crippen molar-refractivity contribution in [3.8, 4) is 5.75 Å². The summed E-state index contributed by atoms with van der Waals surface area (Å²) in [6.07, 6.45) is 0.283. The Morgan fingerprint density at radius 2 is 2.14 bits per heavy atom. The molecule has 0 bridgehead atoms. The van der Waals surface area contributed by atoms with Gasteiger partial charge in [0, 0.05) is 12.6 Å². The number of ether oxygens (including phenoxy) is 1. The summed E-state index contributed by atoms with van der Waals surface area (Å²) in [6, 6.07) is 3.97. The van der Waals surface area contributed by atoms with E-state index in [4.69, 9.17) is 10.5 Å². The Kier molecular flexibility index (Phi) is 4.57. The van der Waals surface area contributed by atoms with Crippen LogP contribution >= 0.6 is 0 Å². The third-order valence-electron chi connectivity index (χ3n) is 3.31. The van der Waals surface area contributed by atoms with Gasteiger partial charge in [0.2, 0.25) is 10.0 Å². The molecule has 1 saturated heterocycles. The van der Waals surface area contributed by atoms with Crippen LogP contribution in [0.15, 0.2) is 23.1 Å². The van der Waals surface area contributed by atoms with Crippen molar-refractivity contribution >= 4 is 19.9 Å². The van der Waals surface area contributed by atoms with E-state index in [0.717, 1.165) is 5.56 Å². The van der Waals surface area contributed by atoms with Crippen molar-refractivity contribution in [1.29, 1.82) is 0 Å². The fraction of sp³-hybridized carbons (Fsp3) is 0.500. The van der Waals surface area contributed by atoms with Crippen LogP contribution in [-0.2, 0) is 26.4 Å². The fourth-order valence-electron chi connectivity index (χ4n) is 2.23. The molecular weight excluding hydrogens is 316 g/mol. The summed E-state index contributed by atoms with van der Waals surface area (Å²) in [5, 5.41) is 0. The van der Waals surface area contributed by atoms with Crippen LogP contribution in [0.1, 0.15) is 12.0 Å². The molecule has 0 saturated carbocycles. The molecule has 3 N–H and O–H groups in total. The van der Waals surface area contributed by atoms with Gasteiger partial charge >= 0.3 is 0 Å². The Balaban J connectivity index is 2.28. The van der Waals surface area contributed by atoms with Gasteiger partial charge in [0.05, 0.1) is 18.6 Å². The van der Waals surface area contributed by atoms with Gasteiger partial charge in [-0.25, -0.2) is 21.6 Å². The summed E-state index contributed by atoms with van der Waals surface area (Å²) in [5.74, 6) is 0.0186. The number of hydrogen-bond donors (Lipinski definition) is 2. The van der Waals surface area contributed by atoms with Crippen molar-refractivity contribution in [2.75, 3.05) is 18.6 Å². The van der Waals surface area contributed by atoms with Crippen molar-refractivity contribution in [1.82, 2.24) is 4.72 Å². The molecule has 0 aliphatic carbocycles. The minimum atomic E-state index is -3.84. The van der Waals surface area contributed by atoms with E-state index in [9.17, 15) is 16.8 Å². The summed E-state index contributed by atoms with van der Waals surface area (Å²) in [6.45, 7) is 0.269. The van der Waals surface area contributed by atoms with Crippen LogP contribution in [0, 0.1) is 0 Å². The number of methoxy groups -OCH3 is 1. The molecule has 1 aliphatic heterocycles. The van der Waals surface area contributed by atoms with Gasteiger partial charge in [-0.15, -0.1) is 0 Å². The zero-order valence-corrected chi connectivity index (χ0v) is 13.2. The standard InChI is InChI=1S/C12H18N2O5S2/c1-19-11-6-9(7-13)2-3-12(11)21(17,18)14-10-4-5-20(15,16)8-10/h2-3,6,10,14H,4-5,7-8,13H2,1H3. The average Bonchev–Trinajstić information content (AvgIpc) is 2.76. The van der Waals surface area contributed by atoms with Gasteiger partial charge in [0.15, 0.2) is 9.84 Å². The number of sulfone groups is 1. The first kappa shape index (κ1) is 16.2. The second-order valence-electron chi connectivity index (χ2n) is 4.91. The lowest BCUT2D eigenvalue weighted by atomic mass is 10.2. The Labute approximate surface area is 124 Å². The minimum Gasteiger partial charge on any atom is -0.495 e. The lowest BCUT2D eigenvalue weighted by molar-refractivity contribution is 0.401. The van der Waals surface area contributed by atoms with Crippen LogP contribution in [0.2, 0.25) is 0 Å². The van der Waals surface area contributed by atoms with Crippen LogP contribution in [0.4, 0.5) is 0 Å². The number of hydrogen-bond acceptors (Lipinski definition) is 6. The van der Waals surface area contributed by atoms with E-state index >= 15 is 0 Å². The molecule has 1 fully saturated rings. The highest BCUT2D eigenvalue weighted by atomic mass is 32.2. The number of nitrogens with one attached hydrogen (secondary N) is 1. The Morgan fingerprint density at radius 1 is 1.43 bits per heavy atom. The van der Waals surface area contributed by atoms with Crippen LogP contribution in [-0.4, -0.2) is 41.5 Å². The largest absolute Gasteiger partial charge is 0.495 e. The molecule has 1 aromatic rings. The van der Waals surface area contributed by atoms with Crippen LogP contribution in [0.5, 0.6) is 5.75 Å². The zero-order valence-electron chi connectivity index (χ0n) is 11.6. The topological polar surface area (TPSA) is 116 Å². The van der Waals surface area contributed by atoms with Crippen LogP contribution in [0.25, 0.3) is 0 Å². The molecule has 0 aromatic heterocycles. The van der Waals surface area contributed by atoms with Crippen molar-refractivity contribution in [3.05, 3.63) is 23.8 Å². The number of rotatable bonds is 5. The molecule has 1 atom stereocenters. The third kappa shape index (κ3) is 3.73. The zero-order chi connectivity index (χ0) is 15.7. The maximum Gasteiger partial charge on any atom is 0.244 e. The minimum absolute atomic E-state index is 0.00341. The monoisotopic (exact) mass is 334 g/mol. The van der Waals surface area contributed by atoms with E-state index in [1.54, 1.807) is 12.1 Å². The second-order valence-corrected chi connectivity index (χ2v) is 8.82. The molecule has 1 aromatic carbocycles. The first-order valence-electron chi connectivity index (χ1n) is 6.37. The third-order valence-corrected chi connectivity index (χ3v) is 6.64. The highest BCUT2D eigenvalue weighted by molar-refractivity contribution is 7.92. The second kappa shape index (κ2) is 5.91. The molecule has 7 nitrogen and oxygen atoms in total. The maximum atomic E-state index is 12.4. The smallest absolute Gasteiger partial charge is 0.244 e. The first-order valence-corrected chi connectivity index (χ1v) is 9.67. The summed E-state index contributed by atoms with van der Waals surface area (Å²) < 4.78 is 55.0. The first-order chi connectivity index (χ1) is 9.77. The summed E-state index contributed by atoms with van der Waals surface area (Å²) >= 11 is 0. The van der Waals surface area contributed by atoms with Crippen LogP contribution < -0.4 is 15.2 Å². The van der Waals surface area contributed by atoms with E-state index in [0.29, 0.717) is 0 Å². The highest BCUT2D eigenvalue weighted by Crippen LogP contribution is 2.26. The summed E-state index contributed by atoms with van der Waals surface area (Å²) in [5.41, 5.74) is 6.25. The van der Waals surface area contributed by atoms with Crippen molar-refractivity contribution in [2.45, 2.75) is 23.9 Å². The van der Waals surface area contributed by atoms with Gasteiger partial charge < -0.3 is 10.5 Å². The molecule has 1 heterocycles. The Morgan fingerprint density at radius 3 is 2.67 bits per heavy atom. The molecule has 0 amide bonds. The highest BCUT2D eigenvalue weighted by Gasteiger charge is 2.32. The van der Waals surface area contributed by atoms with Gasteiger partial charge in [-0.05, 0) is 24.1 Å². The molecule has 1 unspecified atom stereocenters. The molecular formula is C12H18N2O5S2. The van der Waals surface area contributed by atoms with Gasteiger partial charge in [-0.3, -0.25) is 0 Å². The van der Waals surface area contributed by atoms with Crippen molar-refractivity contribution in [3.63, 3.8) is 0 Å². The summed E-state index contributed by atoms with van der Waals surface area (Å²) in [7, 11) is -5.62. The molecule has 118 valence electrons. The van der Waals surface area contributed by atoms with Gasteiger partial charge in [-0.1, -0.05) is 6.07 Å². The molecule has 2 rings (SSSR count). The normalized spacial score (nSPS) is 21.3. The quantitative estimate of drug-likeness (QED) is 0.758. The number of benzene rings is 1. The van der Waals surface area contributed by atoms with E-state index in [1.165, 1.54) is 13.2 Å².